The van der Waals surface area contributed by atoms with Crippen LogP contribution < -0.4 is 0 Å². The first-order valence-corrected chi connectivity index (χ1v) is 5.88. The predicted molar refractivity (Wildman–Crippen MR) is 59.7 cm³/mol. The van der Waals surface area contributed by atoms with Gasteiger partial charge >= 0.3 is 0 Å². The van der Waals surface area contributed by atoms with E-state index in [2.05, 4.69) is 12.0 Å². The van der Waals surface area contributed by atoms with Gasteiger partial charge in [-0.2, -0.15) is 16.9 Å². The zero-order valence-corrected chi connectivity index (χ0v) is 9.73. The van der Waals surface area contributed by atoms with E-state index in [9.17, 15) is 4.79 Å². The monoisotopic (exact) mass is 212 g/mol. The van der Waals surface area contributed by atoms with Gasteiger partial charge in [-0.05, 0) is 18.7 Å². The van der Waals surface area contributed by atoms with Crippen molar-refractivity contribution in [3.05, 3.63) is 17.5 Å². The van der Waals surface area contributed by atoms with E-state index in [-0.39, 0.29) is 5.78 Å². The van der Waals surface area contributed by atoms with Crippen LogP contribution in [0.2, 0.25) is 0 Å². The molecule has 1 rings (SSSR count). The molecule has 0 spiro atoms. The highest BCUT2D eigenvalue weighted by Gasteiger charge is 2.07. The second-order valence-corrected chi connectivity index (χ2v) is 4.53. The van der Waals surface area contributed by atoms with Crippen LogP contribution in [0.15, 0.2) is 6.07 Å². The SMILES string of the molecule is CCSCC(=O)Cc1cc(C)nn1C. The molecule has 0 radical (unpaired) electrons. The van der Waals surface area contributed by atoms with Gasteiger partial charge in [-0.3, -0.25) is 9.48 Å². The maximum absolute atomic E-state index is 11.5. The van der Waals surface area contributed by atoms with Crippen LogP contribution in [0.3, 0.4) is 0 Å². The summed E-state index contributed by atoms with van der Waals surface area (Å²) in [6.07, 6.45) is 0.504. The van der Waals surface area contributed by atoms with E-state index in [1.807, 2.05) is 20.0 Å². The molecule has 0 saturated carbocycles. The van der Waals surface area contributed by atoms with E-state index in [1.165, 1.54) is 0 Å². The molecule has 0 aliphatic rings. The Morgan fingerprint density at radius 2 is 2.36 bits per heavy atom. The molecule has 14 heavy (non-hydrogen) atoms. The Bertz CT molecular complexity index is 320. The maximum atomic E-state index is 11.5. The molecule has 0 amide bonds. The number of carbonyl (C=O) groups is 1. The van der Waals surface area contributed by atoms with E-state index in [0.29, 0.717) is 12.2 Å². The van der Waals surface area contributed by atoms with Gasteiger partial charge < -0.3 is 0 Å². The number of rotatable bonds is 5. The van der Waals surface area contributed by atoms with Crippen molar-refractivity contribution in [2.24, 2.45) is 7.05 Å². The van der Waals surface area contributed by atoms with Gasteiger partial charge in [-0.15, -0.1) is 0 Å². The van der Waals surface area contributed by atoms with Crippen molar-refractivity contribution in [1.29, 1.82) is 0 Å². The average molecular weight is 212 g/mol. The molecule has 0 aliphatic heterocycles. The fourth-order valence-electron chi connectivity index (χ4n) is 1.30. The second kappa shape index (κ2) is 5.20. The lowest BCUT2D eigenvalue weighted by Gasteiger charge is -2.00. The first kappa shape index (κ1) is 11.3. The lowest BCUT2D eigenvalue weighted by atomic mass is 10.2. The van der Waals surface area contributed by atoms with Gasteiger partial charge in [0.2, 0.25) is 0 Å². The summed E-state index contributed by atoms with van der Waals surface area (Å²) in [4.78, 5) is 11.5. The Hall–Kier alpha value is -0.770. The molecule has 1 aromatic rings. The summed E-state index contributed by atoms with van der Waals surface area (Å²) in [6.45, 7) is 4.00. The molecule has 4 heteroatoms. The summed E-state index contributed by atoms with van der Waals surface area (Å²) in [5.74, 6) is 1.89. The summed E-state index contributed by atoms with van der Waals surface area (Å²) in [6, 6.07) is 1.97. The van der Waals surface area contributed by atoms with Crippen molar-refractivity contribution < 1.29 is 4.79 Å². The molecule has 3 nitrogen and oxygen atoms in total. The minimum Gasteiger partial charge on any atom is -0.298 e. The van der Waals surface area contributed by atoms with Crippen LogP contribution in [-0.4, -0.2) is 27.1 Å². The van der Waals surface area contributed by atoms with Crippen molar-refractivity contribution in [3.63, 3.8) is 0 Å². The van der Waals surface area contributed by atoms with Crippen molar-refractivity contribution >= 4 is 17.5 Å². The van der Waals surface area contributed by atoms with Gasteiger partial charge in [0.1, 0.15) is 5.78 Å². The molecule has 78 valence electrons. The Morgan fingerprint density at radius 3 is 2.86 bits per heavy atom. The van der Waals surface area contributed by atoms with Gasteiger partial charge in [-0.1, -0.05) is 6.92 Å². The van der Waals surface area contributed by atoms with E-state index >= 15 is 0 Å². The number of aryl methyl sites for hydroxylation is 2. The quantitative estimate of drug-likeness (QED) is 0.743. The molecule has 0 fully saturated rings. The number of nitrogens with zero attached hydrogens (tertiary/aromatic N) is 2. The zero-order chi connectivity index (χ0) is 10.6. The highest BCUT2D eigenvalue weighted by atomic mass is 32.2. The topological polar surface area (TPSA) is 34.9 Å². The Kier molecular flexibility index (Phi) is 4.20. The van der Waals surface area contributed by atoms with Crippen molar-refractivity contribution in [3.8, 4) is 0 Å². The van der Waals surface area contributed by atoms with Crippen LogP contribution >= 0.6 is 11.8 Å². The lowest BCUT2D eigenvalue weighted by molar-refractivity contribution is -0.116. The predicted octanol–water partition coefficient (Wildman–Crippen LogP) is 1.59. The number of thioether (sulfide) groups is 1. The van der Waals surface area contributed by atoms with E-state index in [4.69, 9.17) is 0 Å². The summed E-state index contributed by atoms with van der Waals surface area (Å²) in [7, 11) is 1.88. The van der Waals surface area contributed by atoms with Gasteiger partial charge in [0.25, 0.3) is 0 Å². The van der Waals surface area contributed by atoms with E-state index in [1.54, 1.807) is 16.4 Å². The number of carbonyl (C=O) groups excluding carboxylic acids is 1. The molecule has 0 atom stereocenters. The minimum atomic E-state index is 0.278. The normalized spacial score (nSPS) is 10.5. The molecule has 0 bridgehead atoms. The van der Waals surface area contributed by atoms with Crippen LogP contribution in [0.25, 0.3) is 0 Å². The Labute approximate surface area is 88.9 Å². The average Bonchev–Trinajstić information content (AvgIpc) is 2.42. The molecule has 0 saturated heterocycles. The number of Topliss-reactive ketones (excluding diaryl/α,β-unsaturated/α-hetero) is 1. The zero-order valence-electron chi connectivity index (χ0n) is 8.91. The summed E-state index contributed by atoms with van der Waals surface area (Å²) < 4.78 is 1.78. The summed E-state index contributed by atoms with van der Waals surface area (Å²) >= 11 is 1.67. The third-order valence-corrected chi connectivity index (χ3v) is 2.88. The molecular formula is C10H16N2OS. The third-order valence-electron chi connectivity index (χ3n) is 1.94. The van der Waals surface area contributed by atoms with Crippen LogP contribution in [0.4, 0.5) is 0 Å². The van der Waals surface area contributed by atoms with Gasteiger partial charge in [0.15, 0.2) is 0 Å². The summed E-state index contributed by atoms with van der Waals surface area (Å²) in [5, 5.41) is 4.20. The highest BCUT2D eigenvalue weighted by molar-refractivity contribution is 7.99. The van der Waals surface area contributed by atoms with Crippen molar-refractivity contribution in [2.75, 3.05) is 11.5 Å². The van der Waals surface area contributed by atoms with Gasteiger partial charge in [0.05, 0.1) is 11.4 Å². The molecule has 1 heterocycles. The smallest absolute Gasteiger partial charge is 0.148 e. The fraction of sp³-hybridized carbons (Fsp3) is 0.600. The highest BCUT2D eigenvalue weighted by Crippen LogP contribution is 2.06. The fourth-order valence-corrected chi connectivity index (χ4v) is 1.83. The molecular weight excluding hydrogens is 196 g/mol. The molecule has 0 N–H and O–H groups in total. The van der Waals surface area contributed by atoms with E-state index < -0.39 is 0 Å². The first-order valence-electron chi connectivity index (χ1n) is 4.72. The Morgan fingerprint density at radius 1 is 1.64 bits per heavy atom. The Balaban J connectivity index is 2.51. The number of aromatic nitrogens is 2. The van der Waals surface area contributed by atoms with E-state index in [0.717, 1.165) is 17.1 Å². The maximum Gasteiger partial charge on any atom is 0.148 e. The summed E-state index contributed by atoms with van der Waals surface area (Å²) in [5.41, 5.74) is 1.97. The minimum absolute atomic E-state index is 0.278. The first-order chi connectivity index (χ1) is 6.63. The largest absolute Gasteiger partial charge is 0.298 e. The molecule has 0 unspecified atom stereocenters. The van der Waals surface area contributed by atoms with Gasteiger partial charge in [0, 0.05) is 19.2 Å². The standard InChI is InChI=1S/C10H16N2OS/c1-4-14-7-10(13)6-9-5-8(2)11-12(9)3/h5H,4,6-7H2,1-3H3. The van der Waals surface area contributed by atoms with Gasteiger partial charge in [-0.25, -0.2) is 0 Å². The van der Waals surface area contributed by atoms with Crippen LogP contribution in [-0.2, 0) is 18.3 Å². The number of hydrogen-bond donors (Lipinski definition) is 0. The molecule has 1 aromatic heterocycles. The number of hydrogen-bond acceptors (Lipinski definition) is 3. The van der Waals surface area contributed by atoms with Crippen molar-refractivity contribution in [2.45, 2.75) is 20.3 Å². The molecule has 0 aromatic carbocycles. The van der Waals surface area contributed by atoms with Crippen molar-refractivity contribution in [1.82, 2.24) is 9.78 Å². The van der Waals surface area contributed by atoms with Crippen LogP contribution in [0.5, 0.6) is 0 Å². The molecule has 0 aliphatic carbocycles. The number of ketones is 1. The third kappa shape index (κ3) is 3.18. The lowest BCUT2D eigenvalue weighted by Crippen LogP contribution is -2.09. The second-order valence-electron chi connectivity index (χ2n) is 3.25. The van der Waals surface area contributed by atoms with Crippen LogP contribution in [0, 0.1) is 6.92 Å². The van der Waals surface area contributed by atoms with Crippen LogP contribution in [0.1, 0.15) is 18.3 Å².